The third-order valence-electron chi connectivity index (χ3n) is 4.63. The molecule has 2 N–H and O–H groups in total. The molecule has 0 saturated carbocycles. The van der Waals surface area contributed by atoms with E-state index in [1.54, 1.807) is 0 Å². The lowest BCUT2D eigenvalue weighted by atomic mass is 9.97. The van der Waals surface area contributed by atoms with Crippen molar-refractivity contribution in [2.75, 3.05) is 46.4 Å². The molecule has 0 saturated heterocycles. The van der Waals surface area contributed by atoms with Crippen molar-refractivity contribution in [3.8, 4) is 0 Å². The van der Waals surface area contributed by atoms with Crippen LogP contribution in [0, 0.1) is 0 Å². The lowest BCUT2D eigenvalue weighted by molar-refractivity contribution is 0.101. The Morgan fingerprint density at radius 1 is 0.773 bits per heavy atom. The van der Waals surface area contributed by atoms with Crippen LogP contribution in [-0.2, 0) is 0 Å². The fourth-order valence-corrected chi connectivity index (χ4v) is 2.88. The van der Waals surface area contributed by atoms with Gasteiger partial charge in [-0.05, 0) is 79.2 Å². The first-order valence-electron chi connectivity index (χ1n) is 9.13. The fraction of sp³-hybridized carbons (Fsp3) is 1.00. The first-order chi connectivity index (χ1) is 10.5. The van der Waals surface area contributed by atoms with Crippen LogP contribution in [0.25, 0.3) is 0 Å². The lowest BCUT2D eigenvalue weighted by Crippen LogP contribution is -2.46. The molecule has 0 radical (unpaired) electrons. The van der Waals surface area contributed by atoms with Crippen LogP contribution in [0.5, 0.6) is 0 Å². The average Bonchev–Trinajstić information content (AvgIpc) is 2.49. The lowest BCUT2D eigenvalue weighted by Gasteiger charge is -2.39. The molecule has 0 aliphatic carbocycles. The second-order valence-electron chi connectivity index (χ2n) is 7.01. The standard InChI is InChI=1S/C18H40N2O2/c1-5-20(14-9-11-17-22)18(2,3)12-15-19(4)13-8-6-7-10-16-21/h21-22H,5-17H2,1-4H3. The predicted octanol–water partition coefficient (Wildman–Crippen LogP) is 2.73. The molecule has 0 heterocycles. The third kappa shape index (κ3) is 10.5. The molecule has 0 fully saturated rings. The molecule has 0 atom stereocenters. The van der Waals surface area contributed by atoms with Gasteiger partial charge in [0.15, 0.2) is 0 Å². The molecule has 0 aromatic carbocycles. The molecule has 0 aromatic heterocycles. The maximum atomic E-state index is 8.93. The molecule has 0 aliphatic rings. The molecular formula is C18H40N2O2. The van der Waals surface area contributed by atoms with Crippen molar-refractivity contribution in [2.24, 2.45) is 0 Å². The number of nitrogens with zero attached hydrogens (tertiary/aromatic N) is 2. The zero-order valence-corrected chi connectivity index (χ0v) is 15.5. The predicted molar refractivity (Wildman–Crippen MR) is 95.3 cm³/mol. The van der Waals surface area contributed by atoms with Gasteiger partial charge in [0, 0.05) is 18.8 Å². The van der Waals surface area contributed by atoms with Gasteiger partial charge in [-0.15, -0.1) is 0 Å². The first-order valence-corrected chi connectivity index (χ1v) is 9.13. The van der Waals surface area contributed by atoms with Crippen LogP contribution in [0.2, 0.25) is 0 Å². The van der Waals surface area contributed by atoms with E-state index in [-0.39, 0.29) is 5.54 Å². The smallest absolute Gasteiger partial charge is 0.0431 e. The summed E-state index contributed by atoms with van der Waals surface area (Å²) < 4.78 is 0. The molecule has 134 valence electrons. The Morgan fingerprint density at radius 3 is 1.91 bits per heavy atom. The van der Waals surface area contributed by atoms with E-state index in [2.05, 4.69) is 37.6 Å². The van der Waals surface area contributed by atoms with Crippen LogP contribution in [0.1, 0.15) is 65.7 Å². The van der Waals surface area contributed by atoms with Crippen molar-refractivity contribution in [3.05, 3.63) is 0 Å². The maximum absolute atomic E-state index is 8.93. The quantitative estimate of drug-likeness (QED) is 0.456. The van der Waals surface area contributed by atoms with E-state index in [4.69, 9.17) is 10.2 Å². The summed E-state index contributed by atoms with van der Waals surface area (Å²) >= 11 is 0. The molecule has 22 heavy (non-hydrogen) atoms. The van der Waals surface area contributed by atoms with Crippen molar-refractivity contribution < 1.29 is 10.2 Å². The monoisotopic (exact) mass is 316 g/mol. The summed E-state index contributed by atoms with van der Waals surface area (Å²) in [5, 5.41) is 17.7. The van der Waals surface area contributed by atoms with E-state index in [1.807, 2.05) is 0 Å². The molecule has 0 unspecified atom stereocenters. The van der Waals surface area contributed by atoms with Gasteiger partial charge in [0.05, 0.1) is 0 Å². The third-order valence-corrected chi connectivity index (χ3v) is 4.63. The van der Waals surface area contributed by atoms with Crippen molar-refractivity contribution >= 4 is 0 Å². The number of hydrogen-bond acceptors (Lipinski definition) is 4. The molecular weight excluding hydrogens is 276 g/mol. The summed E-state index contributed by atoms with van der Waals surface area (Å²) in [6.07, 6.45) is 7.68. The van der Waals surface area contributed by atoms with Crippen LogP contribution in [0.15, 0.2) is 0 Å². The van der Waals surface area contributed by atoms with E-state index in [0.29, 0.717) is 13.2 Å². The second-order valence-corrected chi connectivity index (χ2v) is 7.01. The highest BCUT2D eigenvalue weighted by atomic mass is 16.3. The minimum atomic E-state index is 0.218. The molecule has 4 heteroatoms. The molecule has 0 amide bonds. The summed E-state index contributed by atoms with van der Waals surface area (Å²) in [6.45, 7) is 12.0. The van der Waals surface area contributed by atoms with Gasteiger partial charge in [0.25, 0.3) is 0 Å². The summed E-state index contributed by atoms with van der Waals surface area (Å²) in [5.74, 6) is 0. The minimum Gasteiger partial charge on any atom is -0.396 e. The van der Waals surface area contributed by atoms with Crippen LogP contribution in [-0.4, -0.2) is 72.0 Å². The normalized spacial score (nSPS) is 12.5. The molecule has 0 spiro atoms. The van der Waals surface area contributed by atoms with Gasteiger partial charge in [-0.25, -0.2) is 0 Å². The summed E-state index contributed by atoms with van der Waals surface area (Å²) in [4.78, 5) is 4.97. The maximum Gasteiger partial charge on any atom is 0.0431 e. The average molecular weight is 317 g/mol. The fourth-order valence-electron chi connectivity index (χ4n) is 2.88. The van der Waals surface area contributed by atoms with E-state index >= 15 is 0 Å². The van der Waals surface area contributed by atoms with Gasteiger partial charge in [0.2, 0.25) is 0 Å². The van der Waals surface area contributed by atoms with Crippen molar-refractivity contribution in [3.63, 3.8) is 0 Å². The highest BCUT2D eigenvalue weighted by molar-refractivity contribution is 4.82. The van der Waals surface area contributed by atoms with Gasteiger partial charge in [-0.1, -0.05) is 19.8 Å². The van der Waals surface area contributed by atoms with E-state index in [0.717, 1.165) is 51.9 Å². The van der Waals surface area contributed by atoms with Gasteiger partial charge >= 0.3 is 0 Å². The molecule has 0 aromatic rings. The van der Waals surface area contributed by atoms with Crippen LogP contribution >= 0.6 is 0 Å². The van der Waals surface area contributed by atoms with Gasteiger partial charge in [-0.2, -0.15) is 0 Å². The Kier molecular flexibility index (Phi) is 13.2. The van der Waals surface area contributed by atoms with Gasteiger partial charge in [0.1, 0.15) is 0 Å². The van der Waals surface area contributed by atoms with E-state index < -0.39 is 0 Å². The summed E-state index contributed by atoms with van der Waals surface area (Å²) in [5.41, 5.74) is 0.218. The molecule has 0 bridgehead atoms. The minimum absolute atomic E-state index is 0.218. The van der Waals surface area contributed by atoms with Crippen molar-refractivity contribution in [1.82, 2.24) is 9.80 Å². The first kappa shape index (κ1) is 21.8. The molecule has 0 rings (SSSR count). The number of hydrogen-bond donors (Lipinski definition) is 2. The zero-order valence-electron chi connectivity index (χ0n) is 15.5. The number of unbranched alkanes of at least 4 members (excludes halogenated alkanes) is 4. The Morgan fingerprint density at radius 2 is 1.32 bits per heavy atom. The van der Waals surface area contributed by atoms with E-state index in [1.165, 1.54) is 19.3 Å². The van der Waals surface area contributed by atoms with E-state index in [9.17, 15) is 0 Å². The molecule has 0 aliphatic heterocycles. The Labute approximate surface area is 138 Å². The zero-order chi connectivity index (χ0) is 16.8. The highest BCUT2D eigenvalue weighted by Gasteiger charge is 2.25. The highest BCUT2D eigenvalue weighted by Crippen LogP contribution is 2.20. The Hall–Kier alpha value is -0.160. The second kappa shape index (κ2) is 13.3. The van der Waals surface area contributed by atoms with Crippen LogP contribution in [0.3, 0.4) is 0 Å². The number of aliphatic hydroxyl groups excluding tert-OH is 2. The SMILES string of the molecule is CCN(CCCCO)C(C)(C)CCN(C)CCCCCCO. The molecule has 4 nitrogen and oxygen atoms in total. The van der Waals surface area contributed by atoms with Gasteiger partial charge in [-0.3, -0.25) is 4.90 Å². The number of rotatable bonds is 15. The Balaban J connectivity index is 3.95. The summed E-state index contributed by atoms with van der Waals surface area (Å²) in [7, 11) is 2.21. The number of aliphatic hydroxyl groups is 2. The van der Waals surface area contributed by atoms with Crippen molar-refractivity contribution in [2.45, 2.75) is 71.3 Å². The van der Waals surface area contributed by atoms with Crippen molar-refractivity contribution in [1.29, 1.82) is 0 Å². The summed E-state index contributed by atoms with van der Waals surface area (Å²) in [6, 6.07) is 0. The van der Waals surface area contributed by atoms with Gasteiger partial charge < -0.3 is 15.1 Å². The topological polar surface area (TPSA) is 46.9 Å². The largest absolute Gasteiger partial charge is 0.396 e. The van der Waals surface area contributed by atoms with Crippen LogP contribution < -0.4 is 0 Å². The van der Waals surface area contributed by atoms with Crippen LogP contribution in [0.4, 0.5) is 0 Å². The Bertz CT molecular complexity index is 247.